The highest BCUT2D eigenvalue weighted by molar-refractivity contribution is 5.26. The molecule has 1 saturated carbocycles. The van der Waals surface area contributed by atoms with E-state index in [1.807, 2.05) is 0 Å². The molecule has 1 heterocycles. The molecule has 0 amide bonds. The number of nitrogens with one attached hydrogen (secondary N) is 1. The average molecular weight is 291 g/mol. The van der Waals surface area contributed by atoms with Crippen LogP contribution in [0.1, 0.15) is 61.8 Å². The van der Waals surface area contributed by atoms with Crippen LogP contribution in [0.4, 0.5) is 0 Å². The van der Waals surface area contributed by atoms with Gasteiger partial charge in [-0.05, 0) is 51.8 Å². The van der Waals surface area contributed by atoms with Gasteiger partial charge in [0.1, 0.15) is 5.60 Å². The summed E-state index contributed by atoms with van der Waals surface area (Å²) in [5, 5.41) is 3.37. The van der Waals surface area contributed by atoms with Crippen LogP contribution in [0.5, 0.6) is 0 Å². The average Bonchev–Trinajstić information content (AvgIpc) is 2.50. The van der Waals surface area contributed by atoms with Crippen molar-refractivity contribution < 1.29 is 4.74 Å². The van der Waals surface area contributed by atoms with Gasteiger partial charge in [0.25, 0.3) is 0 Å². The van der Waals surface area contributed by atoms with Gasteiger partial charge in [0.05, 0.1) is 0 Å². The van der Waals surface area contributed by atoms with Crippen LogP contribution in [0.3, 0.4) is 0 Å². The van der Waals surface area contributed by atoms with Crippen molar-refractivity contribution in [3.8, 4) is 0 Å². The molecular weight excluding hydrogens is 262 g/mol. The SMILES string of the molecule is CCNCCc1c(C)nc(C2(OC)CCCCC2)nc1C. The topological polar surface area (TPSA) is 47.0 Å². The lowest BCUT2D eigenvalue weighted by molar-refractivity contribution is -0.0517. The first-order valence-electron chi connectivity index (χ1n) is 8.23. The highest BCUT2D eigenvalue weighted by atomic mass is 16.5. The number of rotatable bonds is 6. The fourth-order valence-electron chi connectivity index (χ4n) is 3.34. The van der Waals surface area contributed by atoms with Crippen LogP contribution in [0, 0.1) is 13.8 Å². The summed E-state index contributed by atoms with van der Waals surface area (Å²) in [6, 6.07) is 0. The summed E-state index contributed by atoms with van der Waals surface area (Å²) in [5.74, 6) is 0.895. The summed E-state index contributed by atoms with van der Waals surface area (Å²) >= 11 is 0. The molecule has 1 fully saturated rings. The summed E-state index contributed by atoms with van der Waals surface area (Å²) in [6.45, 7) is 8.32. The first-order chi connectivity index (χ1) is 10.1. The quantitative estimate of drug-likeness (QED) is 0.818. The Bertz CT molecular complexity index is 444. The van der Waals surface area contributed by atoms with Gasteiger partial charge >= 0.3 is 0 Å². The fourth-order valence-corrected chi connectivity index (χ4v) is 3.34. The summed E-state index contributed by atoms with van der Waals surface area (Å²) < 4.78 is 5.88. The maximum absolute atomic E-state index is 5.88. The molecule has 0 bridgehead atoms. The second kappa shape index (κ2) is 7.32. The van der Waals surface area contributed by atoms with Gasteiger partial charge in [-0.2, -0.15) is 0 Å². The lowest BCUT2D eigenvalue weighted by Crippen LogP contribution is -2.34. The molecule has 21 heavy (non-hydrogen) atoms. The first kappa shape index (κ1) is 16.4. The normalized spacial score (nSPS) is 17.9. The summed E-state index contributed by atoms with van der Waals surface area (Å²) in [4.78, 5) is 9.63. The number of methoxy groups -OCH3 is 1. The highest BCUT2D eigenvalue weighted by Gasteiger charge is 2.37. The number of aryl methyl sites for hydroxylation is 2. The molecule has 2 rings (SSSR count). The van der Waals surface area contributed by atoms with E-state index in [0.29, 0.717) is 0 Å². The summed E-state index contributed by atoms with van der Waals surface area (Å²) in [6.07, 6.45) is 6.78. The minimum absolute atomic E-state index is 0.256. The maximum Gasteiger partial charge on any atom is 0.160 e. The van der Waals surface area contributed by atoms with Crippen LogP contribution < -0.4 is 5.32 Å². The van der Waals surface area contributed by atoms with Gasteiger partial charge in [0, 0.05) is 18.5 Å². The molecule has 4 heteroatoms. The Hall–Kier alpha value is -1.00. The molecule has 0 radical (unpaired) electrons. The van der Waals surface area contributed by atoms with Crippen molar-refractivity contribution in [1.82, 2.24) is 15.3 Å². The van der Waals surface area contributed by atoms with E-state index in [9.17, 15) is 0 Å². The minimum atomic E-state index is -0.256. The fraction of sp³-hybridized carbons (Fsp3) is 0.765. The molecule has 1 aliphatic rings. The highest BCUT2D eigenvalue weighted by Crippen LogP contribution is 2.38. The van der Waals surface area contributed by atoms with E-state index in [4.69, 9.17) is 14.7 Å². The predicted octanol–water partition coefficient (Wildman–Crippen LogP) is 3.05. The van der Waals surface area contributed by atoms with Crippen molar-refractivity contribution in [2.24, 2.45) is 0 Å². The first-order valence-corrected chi connectivity index (χ1v) is 8.23. The Morgan fingerprint density at radius 3 is 2.24 bits per heavy atom. The van der Waals surface area contributed by atoms with Gasteiger partial charge in [0.15, 0.2) is 5.82 Å². The van der Waals surface area contributed by atoms with Crippen molar-refractivity contribution in [2.45, 2.75) is 64.9 Å². The van der Waals surface area contributed by atoms with Crippen molar-refractivity contribution in [3.63, 3.8) is 0 Å². The molecule has 0 atom stereocenters. The second-order valence-corrected chi connectivity index (χ2v) is 6.06. The number of hydrogen-bond donors (Lipinski definition) is 1. The molecule has 1 aromatic heterocycles. The zero-order chi connectivity index (χ0) is 15.3. The van der Waals surface area contributed by atoms with E-state index < -0.39 is 0 Å². The van der Waals surface area contributed by atoms with E-state index in [1.54, 1.807) is 7.11 Å². The Kier molecular flexibility index (Phi) is 5.71. The Balaban J connectivity index is 2.25. The molecular formula is C17H29N3O. The van der Waals surface area contributed by atoms with E-state index in [2.05, 4.69) is 26.1 Å². The second-order valence-electron chi connectivity index (χ2n) is 6.06. The largest absolute Gasteiger partial charge is 0.370 e. The zero-order valence-corrected chi connectivity index (χ0v) is 14.0. The van der Waals surface area contributed by atoms with Crippen LogP contribution in [0.2, 0.25) is 0 Å². The number of hydrogen-bond acceptors (Lipinski definition) is 4. The van der Waals surface area contributed by atoms with Gasteiger partial charge in [-0.1, -0.05) is 26.2 Å². The molecule has 0 aromatic carbocycles. The van der Waals surface area contributed by atoms with E-state index in [1.165, 1.54) is 24.8 Å². The standard InChI is InChI=1S/C17H29N3O/c1-5-18-12-9-15-13(2)19-16(20-14(15)3)17(21-4)10-7-6-8-11-17/h18H,5-12H2,1-4H3. The third kappa shape index (κ3) is 3.61. The summed E-state index contributed by atoms with van der Waals surface area (Å²) in [7, 11) is 1.80. The van der Waals surface area contributed by atoms with E-state index in [0.717, 1.165) is 49.6 Å². The number of likely N-dealkylation sites (N-methyl/N-ethyl adjacent to an activating group) is 1. The maximum atomic E-state index is 5.88. The molecule has 4 nitrogen and oxygen atoms in total. The number of nitrogens with zero attached hydrogens (tertiary/aromatic N) is 2. The lowest BCUT2D eigenvalue weighted by Gasteiger charge is -2.35. The van der Waals surface area contributed by atoms with Crippen LogP contribution in [0.15, 0.2) is 0 Å². The minimum Gasteiger partial charge on any atom is -0.370 e. The summed E-state index contributed by atoms with van der Waals surface area (Å²) in [5.41, 5.74) is 3.24. The molecule has 118 valence electrons. The Labute approximate surface area is 128 Å². The van der Waals surface area contributed by atoms with Gasteiger partial charge in [-0.3, -0.25) is 0 Å². The molecule has 0 spiro atoms. The van der Waals surface area contributed by atoms with Gasteiger partial charge in [-0.25, -0.2) is 9.97 Å². The lowest BCUT2D eigenvalue weighted by atomic mass is 9.83. The van der Waals surface area contributed by atoms with Crippen molar-refractivity contribution >= 4 is 0 Å². The van der Waals surface area contributed by atoms with Gasteiger partial charge in [0.2, 0.25) is 0 Å². The van der Waals surface area contributed by atoms with Crippen molar-refractivity contribution in [2.75, 3.05) is 20.2 Å². The van der Waals surface area contributed by atoms with Crippen LogP contribution >= 0.6 is 0 Å². The van der Waals surface area contributed by atoms with Gasteiger partial charge < -0.3 is 10.1 Å². The molecule has 0 saturated heterocycles. The number of ether oxygens (including phenoxy) is 1. The predicted molar refractivity (Wildman–Crippen MR) is 85.5 cm³/mol. The van der Waals surface area contributed by atoms with E-state index in [-0.39, 0.29) is 5.60 Å². The van der Waals surface area contributed by atoms with Crippen LogP contribution in [-0.2, 0) is 16.8 Å². The molecule has 0 unspecified atom stereocenters. The zero-order valence-electron chi connectivity index (χ0n) is 14.0. The van der Waals surface area contributed by atoms with Gasteiger partial charge in [-0.15, -0.1) is 0 Å². The monoisotopic (exact) mass is 291 g/mol. The van der Waals surface area contributed by atoms with Crippen molar-refractivity contribution in [1.29, 1.82) is 0 Å². The third-order valence-electron chi connectivity index (χ3n) is 4.68. The molecule has 1 N–H and O–H groups in total. The Morgan fingerprint density at radius 1 is 1.10 bits per heavy atom. The smallest absolute Gasteiger partial charge is 0.160 e. The Morgan fingerprint density at radius 2 is 1.71 bits per heavy atom. The van der Waals surface area contributed by atoms with Crippen LogP contribution in [0.25, 0.3) is 0 Å². The third-order valence-corrected chi connectivity index (χ3v) is 4.68. The van der Waals surface area contributed by atoms with E-state index >= 15 is 0 Å². The molecule has 1 aliphatic carbocycles. The molecule has 1 aromatic rings. The number of aromatic nitrogens is 2. The molecule has 0 aliphatic heterocycles. The van der Waals surface area contributed by atoms with Crippen LogP contribution in [-0.4, -0.2) is 30.2 Å². The van der Waals surface area contributed by atoms with Crippen molar-refractivity contribution in [3.05, 3.63) is 22.8 Å².